The van der Waals surface area contributed by atoms with Crippen molar-refractivity contribution in [2.24, 2.45) is 0 Å². The molecule has 2 aromatic carbocycles. The van der Waals surface area contributed by atoms with Gasteiger partial charge in [0.15, 0.2) is 0 Å². The van der Waals surface area contributed by atoms with Gasteiger partial charge in [-0.15, -0.1) is 0 Å². The number of benzene rings is 2. The molecule has 3 rings (SSSR count). The van der Waals surface area contributed by atoms with Gasteiger partial charge in [0.1, 0.15) is 5.82 Å². The molecule has 112 valence electrons. The summed E-state index contributed by atoms with van der Waals surface area (Å²) in [5, 5.41) is 5.37. The molecule has 1 aliphatic rings. The van der Waals surface area contributed by atoms with Gasteiger partial charge in [-0.25, -0.2) is 9.18 Å². The summed E-state index contributed by atoms with van der Waals surface area (Å²) in [6.07, 6.45) is 0.0794. The minimum atomic E-state index is -0.484. The predicted molar refractivity (Wildman–Crippen MR) is 79.5 cm³/mol. The van der Waals surface area contributed by atoms with E-state index >= 15 is 0 Å². The molecule has 0 aromatic heterocycles. The van der Waals surface area contributed by atoms with Crippen LogP contribution in [0.1, 0.15) is 15.9 Å². The second-order valence-electron chi connectivity index (χ2n) is 4.84. The van der Waals surface area contributed by atoms with E-state index in [0.717, 1.165) is 5.56 Å². The number of carbonyl (C=O) groups excluding carboxylic acids is 2. The molecule has 6 heteroatoms. The first-order valence-corrected chi connectivity index (χ1v) is 6.75. The zero-order valence-electron chi connectivity index (χ0n) is 11.6. The highest BCUT2D eigenvalue weighted by molar-refractivity contribution is 6.04. The third kappa shape index (κ3) is 3.06. The van der Waals surface area contributed by atoms with Crippen molar-refractivity contribution in [2.45, 2.75) is 6.42 Å². The van der Waals surface area contributed by atoms with Crippen molar-refractivity contribution in [2.75, 3.05) is 17.2 Å². The zero-order chi connectivity index (χ0) is 15.5. The smallest absolute Gasteiger partial charge is 0.411 e. The number of nitrogens with one attached hydrogen (secondary N) is 2. The molecule has 2 N–H and O–H groups in total. The molecule has 0 fully saturated rings. The molecule has 0 radical (unpaired) electrons. The molecule has 0 saturated heterocycles. The fraction of sp³-hybridized carbons (Fsp3) is 0.125. The minimum Gasteiger partial charge on any atom is -0.449 e. The monoisotopic (exact) mass is 300 g/mol. The Hall–Kier alpha value is -2.89. The highest BCUT2D eigenvalue weighted by Gasteiger charge is 2.14. The van der Waals surface area contributed by atoms with Gasteiger partial charge in [-0.3, -0.25) is 10.1 Å². The van der Waals surface area contributed by atoms with Crippen molar-refractivity contribution in [3.8, 4) is 0 Å². The van der Waals surface area contributed by atoms with Crippen LogP contribution in [-0.2, 0) is 11.2 Å². The fourth-order valence-electron chi connectivity index (χ4n) is 2.20. The van der Waals surface area contributed by atoms with Gasteiger partial charge in [-0.2, -0.15) is 0 Å². The van der Waals surface area contributed by atoms with Crippen LogP contribution in [0.4, 0.5) is 20.6 Å². The normalized spacial score (nSPS) is 13.4. The summed E-state index contributed by atoms with van der Waals surface area (Å²) >= 11 is 0. The number of cyclic esters (lactones) is 1. The van der Waals surface area contributed by atoms with E-state index in [-0.39, 0.29) is 12.5 Å². The van der Waals surface area contributed by atoms with Crippen LogP contribution < -0.4 is 10.6 Å². The van der Waals surface area contributed by atoms with E-state index in [4.69, 9.17) is 4.74 Å². The van der Waals surface area contributed by atoms with E-state index in [0.29, 0.717) is 23.4 Å². The maximum Gasteiger partial charge on any atom is 0.411 e. The summed E-state index contributed by atoms with van der Waals surface area (Å²) < 4.78 is 17.8. The number of hydrogen-bond donors (Lipinski definition) is 2. The number of fused-ring (bicyclic) bond motifs is 1. The maximum atomic E-state index is 12.9. The molecule has 2 amide bonds. The Bertz CT molecular complexity index is 729. The van der Waals surface area contributed by atoms with Crippen molar-refractivity contribution >= 4 is 23.4 Å². The summed E-state index contributed by atoms with van der Waals surface area (Å²) in [6.45, 7) is 0.286. The van der Waals surface area contributed by atoms with Gasteiger partial charge in [0.25, 0.3) is 5.91 Å². The summed E-state index contributed by atoms with van der Waals surface area (Å²) in [6, 6.07) is 10.5. The van der Waals surface area contributed by atoms with Crippen LogP contribution in [0.25, 0.3) is 0 Å². The van der Waals surface area contributed by atoms with E-state index in [2.05, 4.69) is 10.6 Å². The van der Waals surface area contributed by atoms with Gasteiger partial charge in [0.2, 0.25) is 0 Å². The largest absolute Gasteiger partial charge is 0.449 e. The molecule has 0 bridgehead atoms. The molecule has 1 heterocycles. The molecule has 0 aliphatic carbocycles. The van der Waals surface area contributed by atoms with Crippen LogP contribution in [0.3, 0.4) is 0 Å². The van der Waals surface area contributed by atoms with Gasteiger partial charge in [-0.05, 0) is 48.0 Å². The van der Waals surface area contributed by atoms with Gasteiger partial charge in [-0.1, -0.05) is 0 Å². The quantitative estimate of drug-likeness (QED) is 0.895. The van der Waals surface area contributed by atoms with Crippen molar-refractivity contribution in [1.82, 2.24) is 0 Å². The first-order chi connectivity index (χ1) is 10.6. The van der Waals surface area contributed by atoms with Crippen molar-refractivity contribution in [1.29, 1.82) is 0 Å². The zero-order valence-corrected chi connectivity index (χ0v) is 11.6. The second-order valence-corrected chi connectivity index (χ2v) is 4.84. The summed E-state index contributed by atoms with van der Waals surface area (Å²) in [4.78, 5) is 23.4. The number of halogens is 1. The molecule has 0 atom stereocenters. The Morgan fingerprint density at radius 3 is 2.73 bits per heavy atom. The average molecular weight is 300 g/mol. The lowest BCUT2D eigenvalue weighted by atomic mass is 10.1. The number of hydrogen-bond acceptors (Lipinski definition) is 3. The second kappa shape index (κ2) is 5.85. The summed E-state index contributed by atoms with van der Waals surface area (Å²) in [5.74, 6) is -0.717. The Balaban J connectivity index is 1.78. The Labute approximate surface area is 126 Å². The van der Waals surface area contributed by atoms with Crippen LogP contribution in [0.15, 0.2) is 42.5 Å². The number of amides is 2. The van der Waals surface area contributed by atoms with Crippen LogP contribution in [0, 0.1) is 5.82 Å². The highest BCUT2D eigenvalue weighted by atomic mass is 19.1. The summed E-state index contributed by atoms with van der Waals surface area (Å²) in [7, 11) is 0. The molecular weight excluding hydrogens is 287 g/mol. The van der Waals surface area contributed by atoms with Crippen molar-refractivity contribution < 1.29 is 18.7 Å². The van der Waals surface area contributed by atoms with Crippen LogP contribution >= 0.6 is 0 Å². The van der Waals surface area contributed by atoms with E-state index in [1.165, 1.54) is 24.3 Å². The van der Waals surface area contributed by atoms with Gasteiger partial charge in [0.05, 0.1) is 6.61 Å². The average Bonchev–Trinajstić information content (AvgIpc) is 2.68. The molecule has 0 saturated carbocycles. The van der Waals surface area contributed by atoms with Crippen molar-refractivity contribution in [3.05, 3.63) is 59.4 Å². The molecule has 22 heavy (non-hydrogen) atoms. The minimum absolute atomic E-state index is 0.286. The standard InChI is InChI=1S/C16H13FN2O3/c17-12-3-1-10(2-4-12)15(20)18-13-5-6-14-11(9-13)7-8-22-16(21)19-14/h1-6,9H,7-8H2,(H,18,20)(H,19,21). The third-order valence-corrected chi connectivity index (χ3v) is 3.31. The number of anilines is 2. The highest BCUT2D eigenvalue weighted by Crippen LogP contribution is 2.24. The van der Waals surface area contributed by atoms with Crippen LogP contribution in [-0.4, -0.2) is 18.6 Å². The van der Waals surface area contributed by atoms with Crippen molar-refractivity contribution in [3.63, 3.8) is 0 Å². The SMILES string of the molecule is O=C1Nc2ccc(NC(=O)c3ccc(F)cc3)cc2CCO1. The summed E-state index contributed by atoms with van der Waals surface area (Å²) in [5.41, 5.74) is 2.52. The van der Waals surface area contributed by atoms with Crippen LogP contribution in [0.5, 0.6) is 0 Å². The molecule has 0 spiro atoms. The lowest BCUT2D eigenvalue weighted by molar-refractivity contribution is 0.102. The number of rotatable bonds is 2. The van der Waals surface area contributed by atoms with E-state index in [1.807, 2.05) is 0 Å². The fourth-order valence-corrected chi connectivity index (χ4v) is 2.20. The lowest BCUT2D eigenvalue weighted by Gasteiger charge is -2.09. The maximum absolute atomic E-state index is 12.9. The molecule has 0 unspecified atom stereocenters. The Morgan fingerprint density at radius 1 is 1.18 bits per heavy atom. The Kier molecular flexibility index (Phi) is 3.74. The molecular formula is C16H13FN2O3. The Morgan fingerprint density at radius 2 is 1.95 bits per heavy atom. The first-order valence-electron chi connectivity index (χ1n) is 6.75. The lowest BCUT2D eigenvalue weighted by Crippen LogP contribution is -2.13. The predicted octanol–water partition coefficient (Wildman–Crippen LogP) is 3.18. The van der Waals surface area contributed by atoms with E-state index in [1.54, 1.807) is 18.2 Å². The van der Waals surface area contributed by atoms with Gasteiger partial charge in [0, 0.05) is 23.4 Å². The molecule has 1 aliphatic heterocycles. The first kappa shape index (κ1) is 14.1. The molecule has 2 aromatic rings. The van der Waals surface area contributed by atoms with Crippen LogP contribution in [0.2, 0.25) is 0 Å². The number of carbonyl (C=O) groups is 2. The van der Waals surface area contributed by atoms with Gasteiger partial charge < -0.3 is 10.1 Å². The topological polar surface area (TPSA) is 67.4 Å². The van der Waals surface area contributed by atoms with E-state index < -0.39 is 11.9 Å². The number of ether oxygens (including phenoxy) is 1. The van der Waals surface area contributed by atoms with E-state index in [9.17, 15) is 14.0 Å². The third-order valence-electron chi connectivity index (χ3n) is 3.31. The molecule has 5 nitrogen and oxygen atoms in total. The van der Waals surface area contributed by atoms with Gasteiger partial charge >= 0.3 is 6.09 Å².